The zero-order valence-corrected chi connectivity index (χ0v) is 25.4. The monoisotopic (exact) mass is 631 g/mol. The number of amides is 1. The number of aromatic nitrogens is 1. The molecule has 6 rings (SSSR count). The third-order valence-corrected chi connectivity index (χ3v) is 7.54. The fourth-order valence-electron chi connectivity index (χ4n) is 5.14. The molecular weight excluding hydrogens is 606 g/mol. The second kappa shape index (κ2) is 13.0. The molecule has 6 aromatic rings. The van der Waals surface area contributed by atoms with E-state index in [4.69, 9.17) is 25.8 Å². The molecule has 0 radical (unpaired) electrons. The van der Waals surface area contributed by atoms with E-state index >= 15 is 0 Å². The molecule has 0 bridgehead atoms. The van der Waals surface area contributed by atoms with Gasteiger partial charge in [0.05, 0.1) is 24.4 Å². The number of para-hydroxylation sites is 1. The van der Waals surface area contributed by atoms with Crippen molar-refractivity contribution >= 4 is 57.3 Å². The molecule has 46 heavy (non-hydrogen) atoms. The summed E-state index contributed by atoms with van der Waals surface area (Å²) in [5.74, 6) is -1.10. The van der Waals surface area contributed by atoms with Crippen LogP contribution in [0.5, 0.6) is 17.2 Å². The van der Waals surface area contributed by atoms with Crippen LogP contribution in [0.25, 0.3) is 32.8 Å². The average Bonchev–Trinajstić information content (AvgIpc) is 3.46. The van der Waals surface area contributed by atoms with Gasteiger partial charge in [0.15, 0.2) is 11.5 Å². The van der Waals surface area contributed by atoms with E-state index in [0.717, 1.165) is 21.7 Å². The summed E-state index contributed by atoms with van der Waals surface area (Å²) in [6.45, 7) is 1.27. The van der Waals surface area contributed by atoms with Crippen LogP contribution in [-0.2, 0) is 4.79 Å². The van der Waals surface area contributed by atoms with Gasteiger partial charge < -0.3 is 19.2 Å². The van der Waals surface area contributed by atoms with E-state index in [0.29, 0.717) is 27.4 Å². The largest absolute Gasteiger partial charge is 0.493 e. The molecule has 0 aliphatic carbocycles. The maximum Gasteiger partial charge on any atom is 0.343 e. The summed E-state index contributed by atoms with van der Waals surface area (Å²) in [5, 5.41) is 7.51. The predicted molar refractivity (Wildman–Crippen MR) is 177 cm³/mol. The highest BCUT2D eigenvalue weighted by Crippen LogP contribution is 2.39. The van der Waals surface area contributed by atoms with Crippen molar-refractivity contribution in [3.63, 3.8) is 0 Å². The maximum atomic E-state index is 13.6. The van der Waals surface area contributed by atoms with Crippen molar-refractivity contribution in [3.8, 4) is 28.4 Å². The molecule has 228 valence electrons. The van der Waals surface area contributed by atoms with Gasteiger partial charge in [-0.15, -0.1) is 0 Å². The topological polar surface area (TPSA) is 119 Å². The summed E-state index contributed by atoms with van der Waals surface area (Å²) in [7, 11) is 1.40. The standard InChI is InChI=1S/C36H26ClN3O6/c1-21(41)45-30-18-16-23(19-31(30)44-2)36(43)46-29-14-8-4-10-24(29)20-38-40-35(42)34-32(26-12-6-7-13-28(26)37)27-17-15-22-9-3-5-11-25(22)33(27)39-34/h3-20,39H,1-2H3,(H,40,42). The summed E-state index contributed by atoms with van der Waals surface area (Å²) >= 11 is 6.60. The maximum absolute atomic E-state index is 13.6. The lowest BCUT2D eigenvalue weighted by Gasteiger charge is -2.11. The summed E-state index contributed by atoms with van der Waals surface area (Å²) in [6, 6.07) is 30.3. The summed E-state index contributed by atoms with van der Waals surface area (Å²) in [5.41, 5.74) is 5.66. The molecule has 1 aromatic heterocycles. The third-order valence-electron chi connectivity index (χ3n) is 7.21. The lowest BCUT2D eigenvalue weighted by atomic mass is 9.99. The van der Waals surface area contributed by atoms with Gasteiger partial charge in [-0.2, -0.15) is 5.10 Å². The van der Waals surface area contributed by atoms with E-state index in [-0.39, 0.29) is 22.8 Å². The molecule has 0 atom stereocenters. The molecule has 0 spiro atoms. The van der Waals surface area contributed by atoms with Gasteiger partial charge >= 0.3 is 11.9 Å². The molecule has 0 saturated carbocycles. The van der Waals surface area contributed by atoms with Crippen LogP contribution < -0.4 is 19.6 Å². The number of carbonyl (C=O) groups is 3. The normalized spacial score (nSPS) is 11.1. The summed E-state index contributed by atoms with van der Waals surface area (Å²) in [6.07, 6.45) is 1.39. The molecule has 1 amide bonds. The summed E-state index contributed by atoms with van der Waals surface area (Å²) < 4.78 is 16.0. The van der Waals surface area contributed by atoms with E-state index in [1.54, 1.807) is 30.3 Å². The molecule has 0 fully saturated rings. The Balaban J connectivity index is 1.27. The van der Waals surface area contributed by atoms with Gasteiger partial charge in [-0.1, -0.05) is 78.3 Å². The minimum absolute atomic E-state index is 0.172. The van der Waals surface area contributed by atoms with E-state index in [2.05, 4.69) is 15.5 Å². The highest BCUT2D eigenvalue weighted by atomic mass is 35.5. The lowest BCUT2D eigenvalue weighted by Crippen LogP contribution is -2.19. The van der Waals surface area contributed by atoms with E-state index in [1.807, 2.05) is 54.6 Å². The number of nitrogens with zero attached hydrogens (tertiary/aromatic N) is 1. The SMILES string of the molecule is COc1cc(C(=O)Oc2ccccc2C=NNC(=O)c2[nH]c3c(ccc4ccccc43)c2-c2ccccc2Cl)ccc1OC(C)=O. The van der Waals surface area contributed by atoms with Crippen LogP contribution in [0.1, 0.15) is 33.3 Å². The van der Waals surface area contributed by atoms with Crippen molar-refractivity contribution < 1.29 is 28.6 Å². The number of methoxy groups -OCH3 is 1. The minimum atomic E-state index is -0.674. The number of nitrogens with one attached hydrogen (secondary N) is 2. The van der Waals surface area contributed by atoms with Crippen LogP contribution in [0.3, 0.4) is 0 Å². The number of ether oxygens (including phenoxy) is 3. The lowest BCUT2D eigenvalue weighted by molar-refractivity contribution is -0.132. The zero-order chi connectivity index (χ0) is 32.2. The number of aromatic amines is 1. The predicted octanol–water partition coefficient (Wildman–Crippen LogP) is 7.56. The van der Waals surface area contributed by atoms with Gasteiger partial charge in [0, 0.05) is 39.4 Å². The number of benzene rings is 5. The average molecular weight is 632 g/mol. The van der Waals surface area contributed by atoms with Crippen LogP contribution in [0.15, 0.2) is 108 Å². The first kappa shape index (κ1) is 30.1. The first-order valence-corrected chi connectivity index (χ1v) is 14.5. The molecule has 5 aromatic carbocycles. The van der Waals surface area contributed by atoms with Gasteiger partial charge in [0.2, 0.25) is 0 Å². The fourth-order valence-corrected chi connectivity index (χ4v) is 5.37. The molecule has 0 aliphatic heterocycles. The van der Waals surface area contributed by atoms with Crippen LogP contribution in [0.4, 0.5) is 0 Å². The Labute approximate surface area is 268 Å². The molecule has 9 nitrogen and oxygen atoms in total. The molecule has 2 N–H and O–H groups in total. The molecule has 1 heterocycles. The number of halogens is 1. The van der Waals surface area contributed by atoms with Crippen molar-refractivity contribution in [3.05, 3.63) is 125 Å². The quantitative estimate of drug-likeness (QED) is 0.0774. The van der Waals surface area contributed by atoms with E-state index in [9.17, 15) is 14.4 Å². The Morgan fingerprint density at radius 3 is 2.37 bits per heavy atom. The Kier molecular flexibility index (Phi) is 8.49. The van der Waals surface area contributed by atoms with E-state index < -0.39 is 17.8 Å². The first-order valence-electron chi connectivity index (χ1n) is 14.1. The molecule has 10 heteroatoms. The Hall–Kier alpha value is -5.93. The second-order valence-corrected chi connectivity index (χ2v) is 10.6. The fraction of sp³-hybridized carbons (Fsp3) is 0.0556. The Morgan fingerprint density at radius 1 is 0.804 bits per heavy atom. The van der Waals surface area contributed by atoms with Crippen molar-refractivity contribution in [1.29, 1.82) is 0 Å². The number of fused-ring (bicyclic) bond motifs is 3. The van der Waals surface area contributed by atoms with Crippen molar-refractivity contribution in [2.24, 2.45) is 5.10 Å². The summed E-state index contributed by atoms with van der Waals surface area (Å²) in [4.78, 5) is 41.3. The van der Waals surface area contributed by atoms with Gasteiger partial charge in [-0.25, -0.2) is 10.2 Å². The van der Waals surface area contributed by atoms with Crippen molar-refractivity contribution in [2.75, 3.05) is 7.11 Å². The molecule has 0 saturated heterocycles. The second-order valence-electron chi connectivity index (χ2n) is 10.1. The van der Waals surface area contributed by atoms with Gasteiger partial charge in [0.25, 0.3) is 5.91 Å². The highest BCUT2D eigenvalue weighted by molar-refractivity contribution is 6.34. The number of esters is 2. The third kappa shape index (κ3) is 6.04. The number of hydrazone groups is 1. The number of carbonyl (C=O) groups excluding carboxylic acids is 3. The van der Waals surface area contributed by atoms with Crippen LogP contribution in [0, 0.1) is 0 Å². The Morgan fingerprint density at radius 2 is 1.57 bits per heavy atom. The van der Waals surface area contributed by atoms with Gasteiger partial charge in [-0.05, 0) is 41.8 Å². The van der Waals surface area contributed by atoms with Crippen LogP contribution in [-0.4, -0.2) is 36.2 Å². The highest BCUT2D eigenvalue weighted by Gasteiger charge is 2.22. The van der Waals surface area contributed by atoms with Crippen molar-refractivity contribution in [2.45, 2.75) is 6.92 Å². The number of rotatable bonds is 8. The van der Waals surface area contributed by atoms with Crippen LogP contribution in [0.2, 0.25) is 5.02 Å². The number of hydrogen-bond acceptors (Lipinski definition) is 7. The smallest absolute Gasteiger partial charge is 0.343 e. The molecule has 0 aliphatic rings. The van der Waals surface area contributed by atoms with Gasteiger partial charge in [0.1, 0.15) is 11.4 Å². The number of hydrogen-bond donors (Lipinski definition) is 2. The van der Waals surface area contributed by atoms with Crippen molar-refractivity contribution in [1.82, 2.24) is 10.4 Å². The molecular formula is C36H26ClN3O6. The van der Waals surface area contributed by atoms with Gasteiger partial charge in [-0.3, -0.25) is 9.59 Å². The van der Waals surface area contributed by atoms with Crippen LogP contribution >= 0.6 is 11.6 Å². The minimum Gasteiger partial charge on any atom is -0.493 e. The number of H-pyrrole nitrogens is 1. The molecule has 0 unspecified atom stereocenters. The first-order chi connectivity index (χ1) is 22.3. The zero-order valence-electron chi connectivity index (χ0n) is 24.7. The van der Waals surface area contributed by atoms with E-state index in [1.165, 1.54) is 38.4 Å². The Bertz CT molecular complexity index is 2170.